The number of nitrogens with two attached hydrogens (primary N) is 1. The van der Waals surface area contributed by atoms with Crippen LogP contribution in [0.15, 0.2) is 24.1 Å². The second-order valence-electron chi connectivity index (χ2n) is 3.47. The SMILES string of the molecule is C/C=C\C(=C(/C)O)c1cnc([C@@H](N)CO)[nH]1. The van der Waals surface area contributed by atoms with Crippen LogP contribution in [0.1, 0.15) is 31.4 Å². The van der Waals surface area contributed by atoms with Crippen molar-refractivity contribution in [2.45, 2.75) is 19.9 Å². The average Bonchev–Trinajstić information content (AvgIpc) is 2.73. The smallest absolute Gasteiger partial charge is 0.125 e. The normalized spacial score (nSPS) is 15.2. The van der Waals surface area contributed by atoms with Crippen molar-refractivity contribution in [3.05, 3.63) is 35.6 Å². The predicted octanol–water partition coefficient (Wildman–Crippen LogP) is 1.27. The number of hydrogen-bond acceptors (Lipinski definition) is 4. The van der Waals surface area contributed by atoms with Crippen LogP contribution in [0.25, 0.3) is 5.57 Å². The maximum atomic E-state index is 9.50. The highest BCUT2D eigenvalue weighted by atomic mass is 16.3. The van der Waals surface area contributed by atoms with E-state index in [1.807, 2.05) is 13.0 Å². The van der Waals surface area contributed by atoms with E-state index in [4.69, 9.17) is 10.8 Å². The molecule has 1 heterocycles. The number of aromatic nitrogens is 2. The Balaban J connectivity index is 3.05. The molecule has 1 aromatic heterocycles. The van der Waals surface area contributed by atoms with Gasteiger partial charge in [-0.3, -0.25) is 0 Å². The fourth-order valence-corrected chi connectivity index (χ4v) is 1.32. The minimum atomic E-state index is -0.528. The summed E-state index contributed by atoms with van der Waals surface area (Å²) < 4.78 is 0. The van der Waals surface area contributed by atoms with Crippen molar-refractivity contribution in [1.82, 2.24) is 9.97 Å². The quantitative estimate of drug-likeness (QED) is 0.456. The minimum absolute atomic E-state index is 0.173. The molecule has 5 N–H and O–H groups in total. The van der Waals surface area contributed by atoms with Gasteiger partial charge in [-0.05, 0) is 13.8 Å². The lowest BCUT2D eigenvalue weighted by Gasteiger charge is -2.04. The Labute approximate surface area is 94.3 Å². The van der Waals surface area contributed by atoms with E-state index >= 15 is 0 Å². The summed E-state index contributed by atoms with van der Waals surface area (Å²) in [5.41, 5.74) is 6.95. The van der Waals surface area contributed by atoms with E-state index in [9.17, 15) is 5.11 Å². The second-order valence-corrected chi connectivity index (χ2v) is 3.47. The molecule has 0 radical (unpaired) electrons. The van der Waals surface area contributed by atoms with E-state index in [0.29, 0.717) is 17.1 Å². The van der Waals surface area contributed by atoms with Gasteiger partial charge in [0.15, 0.2) is 0 Å². The van der Waals surface area contributed by atoms with Crippen LogP contribution in [0, 0.1) is 0 Å². The molecule has 5 heteroatoms. The Hall–Kier alpha value is -1.59. The van der Waals surface area contributed by atoms with Crippen LogP contribution in [0.5, 0.6) is 0 Å². The van der Waals surface area contributed by atoms with E-state index in [2.05, 4.69) is 9.97 Å². The third-order valence-corrected chi connectivity index (χ3v) is 2.16. The molecule has 0 amide bonds. The summed E-state index contributed by atoms with van der Waals surface area (Å²) in [5, 5.41) is 18.4. The van der Waals surface area contributed by atoms with Gasteiger partial charge in [0, 0.05) is 5.57 Å². The van der Waals surface area contributed by atoms with E-state index in [1.54, 1.807) is 19.2 Å². The molecule has 0 aliphatic rings. The molecule has 0 bridgehead atoms. The highest BCUT2D eigenvalue weighted by Crippen LogP contribution is 2.18. The zero-order chi connectivity index (χ0) is 12.1. The number of allylic oxidation sites excluding steroid dienone is 4. The van der Waals surface area contributed by atoms with Gasteiger partial charge in [-0.1, -0.05) is 12.2 Å². The first-order valence-corrected chi connectivity index (χ1v) is 5.04. The molecule has 88 valence electrons. The van der Waals surface area contributed by atoms with Crippen molar-refractivity contribution in [1.29, 1.82) is 0 Å². The van der Waals surface area contributed by atoms with E-state index in [-0.39, 0.29) is 12.4 Å². The molecule has 0 aliphatic heterocycles. The molecule has 0 fully saturated rings. The summed E-state index contributed by atoms with van der Waals surface area (Å²) in [5.74, 6) is 0.701. The van der Waals surface area contributed by atoms with Crippen LogP contribution >= 0.6 is 0 Å². The van der Waals surface area contributed by atoms with Gasteiger partial charge in [-0.15, -0.1) is 0 Å². The summed E-state index contributed by atoms with van der Waals surface area (Å²) >= 11 is 0. The van der Waals surface area contributed by atoms with Crippen molar-refractivity contribution in [2.24, 2.45) is 5.73 Å². The van der Waals surface area contributed by atoms with Crippen LogP contribution in [0.2, 0.25) is 0 Å². The van der Waals surface area contributed by atoms with Crippen LogP contribution in [0.3, 0.4) is 0 Å². The van der Waals surface area contributed by atoms with Gasteiger partial charge >= 0.3 is 0 Å². The van der Waals surface area contributed by atoms with Crippen LogP contribution in [-0.4, -0.2) is 26.8 Å². The van der Waals surface area contributed by atoms with Gasteiger partial charge < -0.3 is 20.9 Å². The summed E-state index contributed by atoms with van der Waals surface area (Å²) in [6, 6.07) is -0.528. The van der Waals surface area contributed by atoms with Crippen molar-refractivity contribution in [3.63, 3.8) is 0 Å². The topological polar surface area (TPSA) is 95.2 Å². The molecule has 16 heavy (non-hydrogen) atoms. The molecule has 0 saturated heterocycles. The zero-order valence-corrected chi connectivity index (χ0v) is 9.44. The maximum absolute atomic E-state index is 9.50. The number of rotatable bonds is 4. The van der Waals surface area contributed by atoms with Gasteiger partial charge in [-0.25, -0.2) is 4.98 Å². The number of nitrogens with zero attached hydrogens (tertiary/aromatic N) is 1. The fraction of sp³-hybridized carbons (Fsp3) is 0.364. The predicted molar refractivity (Wildman–Crippen MR) is 62.6 cm³/mol. The Morgan fingerprint density at radius 2 is 2.38 bits per heavy atom. The number of imidazole rings is 1. The third-order valence-electron chi connectivity index (χ3n) is 2.16. The van der Waals surface area contributed by atoms with E-state index in [1.165, 1.54) is 0 Å². The lowest BCUT2D eigenvalue weighted by Crippen LogP contribution is -2.16. The van der Waals surface area contributed by atoms with Crippen molar-refractivity contribution >= 4 is 5.57 Å². The highest BCUT2D eigenvalue weighted by Gasteiger charge is 2.11. The van der Waals surface area contributed by atoms with Crippen LogP contribution in [0.4, 0.5) is 0 Å². The highest BCUT2D eigenvalue weighted by molar-refractivity contribution is 5.72. The van der Waals surface area contributed by atoms with E-state index < -0.39 is 6.04 Å². The molecule has 1 atom stereocenters. The summed E-state index contributed by atoms with van der Waals surface area (Å²) in [4.78, 5) is 7.02. The first-order chi connectivity index (χ1) is 7.60. The van der Waals surface area contributed by atoms with Crippen LogP contribution in [-0.2, 0) is 0 Å². The monoisotopic (exact) mass is 223 g/mol. The molecular weight excluding hydrogens is 206 g/mol. The van der Waals surface area contributed by atoms with Gasteiger partial charge in [-0.2, -0.15) is 0 Å². The number of H-pyrrole nitrogens is 1. The summed E-state index contributed by atoms with van der Waals surface area (Å²) in [6.07, 6.45) is 5.18. The Bertz CT molecular complexity index is 403. The fourth-order valence-electron chi connectivity index (χ4n) is 1.32. The maximum Gasteiger partial charge on any atom is 0.125 e. The molecule has 0 saturated carbocycles. The van der Waals surface area contributed by atoms with Crippen molar-refractivity contribution < 1.29 is 10.2 Å². The number of hydrogen-bond donors (Lipinski definition) is 4. The van der Waals surface area contributed by atoms with Gasteiger partial charge in [0.25, 0.3) is 0 Å². The van der Waals surface area contributed by atoms with Gasteiger partial charge in [0.2, 0.25) is 0 Å². The van der Waals surface area contributed by atoms with Crippen molar-refractivity contribution in [3.8, 4) is 0 Å². The average molecular weight is 223 g/mol. The van der Waals surface area contributed by atoms with Crippen LogP contribution < -0.4 is 5.73 Å². The Morgan fingerprint density at radius 3 is 2.88 bits per heavy atom. The molecule has 0 aromatic carbocycles. The van der Waals surface area contributed by atoms with Gasteiger partial charge in [0.05, 0.1) is 30.3 Å². The first kappa shape index (κ1) is 12.5. The summed E-state index contributed by atoms with van der Waals surface area (Å²) in [6.45, 7) is 3.29. The lowest BCUT2D eigenvalue weighted by atomic mass is 10.1. The summed E-state index contributed by atoms with van der Waals surface area (Å²) in [7, 11) is 0. The largest absolute Gasteiger partial charge is 0.512 e. The van der Waals surface area contributed by atoms with Gasteiger partial charge in [0.1, 0.15) is 5.82 Å². The zero-order valence-electron chi connectivity index (χ0n) is 9.44. The molecule has 1 aromatic rings. The lowest BCUT2D eigenvalue weighted by molar-refractivity contribution is 0.264. The molecule has 0 aliphatic carbocycles. The molecule has 0 spiro atoms. The molecular formula is C11H17N3O2. The number of aromatic amines is 1. The number of aliphatic hydroxyl groups is 2. The first-order valence-electron chi connectivity index (χ1n) is 5.04. The molecule has 0 unspecified atom stereocenters. The molecule has 1 rings (SSSR count). The molecule has 5 nitrogen and oxygen atoms in total. The number of aliphatic hydroxyl groups excluding tert-OH is 2. The Kier molecular flexibility index (Phi) is 4.28. The van der Waals surface area contributed by atoms with Crippen molar-refractivity contribution in [2.75, 3.05) is 6.61 Å². The van der Waals surface area contributed by atoms with E-state index in [0.717, 1.165) is 0 Å². The third kappa shape index (κ3) is 2.71. The number of nitrogens with one attached hydrogen (secondary N) is 1. The Morgan fingerprint density at radius 1 is 1.69 bits per heavy atom. The standard InChI is InChI=1S/C11H17N3O2/c1-3-4-8(7(2)16)10-5-13-11(14-10)9(12)6-15/h3-5,9,15-16H,6,12H2,1-2H3,(H,13,14)/b4-3-,8-7-/t9-/m0/s1. The second kappa shape index (κ2) is 5.48. The minimum Gasteiger partial charge on any atom is -0.512 e.